The van der Waals surface area contributed by atoms with E-state index >= 15 is 0 Å². The van der Waals surface area contributed by atoms with Gasteiger partial charge in [0.25, 0.3) is 11.8 Å². The van der Waals surface area contributed by atoms with E-state index in [9.17, 15) is 14.4 Å². The van der Waals surface area contributed by atoms with Crippen LogP contribution in [0.3, 0.4) is 0 Å². The highest BCUT2D eigenvalue weighted by Gasteiger charge is 2.44. The molecule has 4 rings (SSSR count). The van der Waals surface area contributed by atoms with Crippen LogP contribution >= 0.6 is 15.9 Å². The molecule has 2 saturated heterocycles. The minimum Gasteiger partial charge on any atom is -0.379 e. The van der Waals surface area contributed by atoms with Crippen LogP contribution in [-0.2, 0) is 14.3 Å². The third-order valence-corrected chi connectivity index (χ3v) is 6.51. The Hall–Kier alpha value is -2.55. The molecule has 1 unspecified atom stereocenters. The summed E-state index contributed by atoms with van der Waals surface area (Å²) in [5.74, 6) is -0.877. The average Bonchev–Trinajstić information content (AvgIpc) is 3.09. The van der Waals surface area contributed by atoms with E-state index in [1.807, 2.05) is 25.1 Å². The van der Waals surface area contributed by atoms with Crippen molar-refractivity contribution in [1.29, 1.82) is 0 Å². The highest BCUT2D eigenvalue weighted by Crippen LogP contribution is 2.28. The minimum atomic E-state index is -0.820. The topological polar surface area (TPSA) is 70.2 Å². The van der Waals surface area contributed by atoms with E-state index in [1.165, 1.54) is 4.90 Å². The number of benzene rings is 2. The first-order valence-corrected chi connectivity index (χ1v) is 11.5. The molecule has 0 aromatic heterocycles. The van der Waals surface area contributed by atoms with Gasteiger partial charge < -0.3 is 9.64 Å². The van der Waals surface area contributed by atoms with E-state index in [0.717, 1.165) is 23.1 Å². The molecule has 3 amide bonds. The molecule has 0 N–H and O–H groups in total. The first-order valence-electron chi connectivity index (χ1n) is 10.7. The number of nitrogens with zero attached hydrogens (tertiary/aromatic N) is 3. The van der Waals surface area contributed by atoms with E-state index in [2.05, 4.69) is 20.8 Å². The lowest BCUT2D eigenvalue weighted by Gasteiger charge is -2.32. The van der Waals surface area contributed by atoms with Gasteiger partial charge >= 0.3 is 0 Å². The van der Waals surface area contributed by atoms with Crippen molar-refractivity contribution in [3.8, 4) is 0 Å². The van der Waals surface area contributed by atoms with Crippen molar-refractivity contribution < 1.29 is 19.1 Å². The van der Waals surface area contributed by atoms with Gasteiger partial charge in [-0.15, -0.1) is 0 Å². The van der Waals surface area contributed by atoms with E-state index in [-0.39, 0.29) is 24.1 Å². The minimum absolute atomic E-state index is 0.0182. The number of amides is 3. The SMILES string of the molecule is Cc1ccccc1C(=O)N(CCN1CCOCC1)C1CC(=O)N(c2ccc(Br)cc2)C1=O. The van der Waals surface area contributed by atoms with Gasteiger partial charge in [0.05, 0.1) is 25.3 Å². The second-order valence-corrected chi connectivity index (χ2v) is 8.95. The van der Waals surface area contributed by atoms with Crippen molar-refractivity contribution in [3.05, 3.63) is 64.1 Å². The van der Waals surface area contributed by atoms with Crippen LogP contribution in [0.15, 0.2) is 53.0 Å². The van der Waals surface area contributed by atoms with E-state index in [0.29, 0.717) is 37.6 Å². The van der Waals surface area contributed by atoms with Gasteiger partial charge in [-0.05, 0) is 42.8 Å². The van der Waals surface area contributed by atoms with Gasteiger partial charge in [-0.25, -0.2) is 4.90 Å². The largest absolute Gasteiger partial charge is 0.379 e. The average molecular weight is 500 g/mol. The number of halogens is 1. The molecule has 2 fully saturated rings. The standard InChI is InChI=1S/C24H26BrN3O4/c1-17-4-2-3-5-20(17)23(30)27(11-10-26-12-14-32-15-13-26)21-16-22(29)28(24(21)31)19-8-6-18(25)7-9-19/h2-9,21H,10-16H2,1H3. The Bertz CT molecular complexity index is 1000. The third kappa shape index (κ3) is 4.77. The highest BCUT2D eigenvalue weighted by molar-refractivity contribution is 9.10. The summed E-state index contributed by atoms with van der Waals surface area (Å²) in [4.78, 5) is 44.8. The zero-order valence-corrected chi connectivity index (χ0v) is 19.6. The fraction of sp³-hybridized carbons (Fsp3) is 0.375. The molecule has 7 nitrogen and oxygen atoms in total. The van der Waals surface area contributed by atoms with Gasteiger partial charge in [0.1, 0.15) is 6.04 Å². The van der Waals surface area contributed by atoms with Crippen molar-refractivity contribution in [3.63, 3.8) is 0 Å². The van der Waals surface area contributed by atoms with Crippen LogP contribution in [0, 0.1) is 6.92 Å². The third-order valence-electron chi connectivity index (χ3n) is 5.98. The van der Waals surface area contributed by atoms with Crippen molar-refractivity contribution in [2.75, 3.05) is 44.3 Å². The first kappa shape index (κ1) is 22.6. The van der Waals surface area contributed by atoms with Crippen LogP contribution in [0.4, 0.5) is 5.69 Å². The Morgan fingerprint density at radius 2 is 1.78 bits per heavy atom. The number of ether oxygens (including phenoxy) is 1. The highest BCUT2D eigenvalue weighted by atomic mass is 79.9. The molecule has 2 aromatic rings. The van der Waals surface area contributed by atoms with Gasteiger partial charge in [0.15, 0.2) is 0 Å². The van der Waals surface area contributed by atoms with Gasteiger partial charge in [-0.3, -0.25) is 19.3 Å². The van der Waals surface area contributed by atoms with Gasteiger partial charge in [0.2, 0.25) is 5.91 Å². The van der Waals surface area contributed by atoms with Crippen molar-refractivity contribution in [2.45, 2.75) is 19.4 Å². The Balaban J connectivity index is 1.60. The van der Waals surface area contributed by atoms with Gasteiger partial charge in [-0.2, -0.15) is 0 Å². The second kappa shape index (κ2) is 9.94. The fourth-order valence-corrected chi connectivity index (χ4v) is 4.43. The number of anilines is 1. The number of carbonyl (C=O) groups is 3. The summed E-state index contributed by atoms with van der Waals surface area (Å²) in [5, 5.41) is 0. The van der Waals surface area contributed by atoms with Gasteiger partial charge in [-0.1, -0.05) is 34.1 Å². The fourth-order valence-electron chi connectivity index (χ4n) is 4.16. The Morgan fingerprint density at radius 1 is 1.09 bits per heavy atom. The zero-order valence-electron chi connectivity index (χ0n) is 18.0. The van der Waals surface area contributed by atoms with Crippen LogP contribution < -0.4 is 4.90 Å². The molecule has 8 heteroatoms. The summed E-state index contributed by atoms with van der Waals surface area (Å²) in [6, 6.07) is 13.6. The number of rotatable bonds is 6. The van der Waals surface area contributed by atoms with Crippen LogP contribution in [-0.4, -0.2) is 73.0 Å². The molecule has 0 aliphatic carbocycles. The van der Waals surface area contributed by atoms with Crippen LogP contribution in [0.1, 0.15) is 22.3 Å². The quantitative estimate of drug-likeness (QED) is 0.571. The number of hydrogen-bond donors (Lipinski definition) is 0. The maximum absolute atomic E-state index is 13.6. The molecule has 1 atom stereocenters. The van der Waals surface area contributed by atoms with E-state index < -0.39 is 6.04 Å². The maximum Gasteiger partial charge on any atom is 0.257 e. The number of morpholine rings is 1. The summed E-state index contributed by atoms with van der Waals surface area (Å²) in [6.07, 6.45) is -0.0182. The Labute approximate surface area is 196 Å². The molecule has 0 bridgehead atoms. The zero-order chi connectivity index (χ0) is 22.7. The summed E-state index contributed by atoms with van der Waals surface area (Å²) in [5.41, 5.74) is 1.91. The Morgan fingerprint density at radius 3 is 2.47 bits per heavy atom. The second-order valence-electron chi connectivity index (χ2n) is 8.03. The molecule has 2 aliphatic rings. The summed E-state index contributed by atoms with van der Waals surface area (Å²) < 4.78 is 6.27. The molecule has 168 valence electrons. The van der Waals surface area contributed by atoms with Crippen molar-refractivity contribution in [2.24, 2.45) is 0 Å². The normalized spacial score (nSPS) is 19.4. The summed E-state index contributed by atoms with van der Waals surface area (Å²) in [7, 11) is 0. The molecular formula is C24H26BrN3O4. The lowest BCUT2D eigenvalue weighted by atomic mass is 10.1. The van der Waals surface area contributed by atoms with E-state index in [1.54, 1.807) is 35.2 Å². The molecule has 2 heterocycles. The molecule has 2 aromatic carbocycles. The smallest absolute Gasteiger partial charge is 0.257 e. The molecule has 2 aliphatic heterocycles. The predicted molar refractivity (Wildman–Crippen MR) is 125 cm³/mol. The van der Waals surface area contributed by atoms with Crippen LogP contribution in [0.25, 0.3) is 0 Å². The monoisotopic (exact) mass is 499 g/mol. The molecular weight excluding hydrogens is 474 g/mol. The Kier molecular flexibility index (Phi) is 7.03. The van der Waals surface area contributed by atoms with Crippen LogP contribution in [0.2, 0.25) is 0 Å². The number of imide groups is 1. The number of carbonyl (C=O) groups excluding carboxylic acids is 3. The molecule has 0 saturated carbocycles. The summed E-state index contributed by atoms with van der Waals surface area (Å²) in [6.45, 7) is 5.75. The lowest BCUT2D eigenvalue weighted by Crippen LogP contribution is -2.49. The predicted octanol–water partition coefficient (Wildman–Crippen LogP) is 2.86. The van der Waals surface area contributed by atoms with Crippen LogP contribution in [0.5, 0.6) is 0 Å². The van der Waals surface area contributed by atoms with Crippen molar-refractivity contribution in [1.82, 2.24) is 9.80 Å². The van der Waals surface area contributed by atoms with Gasteiger partial charge in [0, 0.05) is 36.2 Å². The summed E-state index contributed by atoms with van der Waals surface area (Å²) >= 11 is 3.37. The van der Waals surface area contributed by atoms with Crippen molar-refractivity contribution >= 4 is 39.3 Å². The maximum atomic E-state index is 13.6. The molecule has 32 heavy (non-hydrogen) atoms. The van der Waals surface area contributed by atoms with E-state index in [4.69, 9.17) is 4.74 Å². The first-order chi connectivity index (χ1) is 15.5. The number of hydrogen-bond acceptors (Lipinski definition) is 5. The lowest BCUT2D eigenvalue weighted by molar-refractivity contribution is -0.122. The molecule has 0 spiro atoms. The number of aryl methyl sites for hydroxylation is 1. The molecule has 0 radical (unpaired) electrons.